The minimum atomic E-state index is -1.06. The molecular weight excluding hydrogens is 454 g/mol. The summed E-state index contributed by atoms with van der Waals surface area (Å²) in [5.74, 6) is -1.96. The fourth-order valence-corrected chi connectivity index (χ4v) is 4.27. The van der Waals surface area contributed by atoms with Gasteiger partial charge in [0.2, 0.25) is 5.82 Å². The Kier molecular flexibility index (Phi) is 5.81. The standard InChI is InChI=1S/C25H24F2N6O2/c1-13-9-15(3-4-17(13)25(34)32-16-10-14(28)11-16)31-23-24-30-12-19(33(24)8-7-29-23)18-5-6-20(35-2)22(27)21(18)26/h3-9,12,14,16H,10-11,28H2,1-2H3,(H,29,31)(H,32,34)/t14-,16+. The maximum atomic E-state index is 14.7. The number of methoxy groups -OCH3 is 1. The van der Waals surface area contributed by atoms with Gasteiger partial charge in [0.15, 0.2) is 23.0 Å². The Morgan fingerprint density at radius 1 is 1.17 bits per heavy atom. The van der Waals surface area contributed by atoms with E-state index in [1.54, 1.807) is 22.7 Å². The third-order valence-corrected chi connectivity index (χ3v) is 6.21. The van der Waals surface area contributed by atoms with E-state index >= 15 is 0 Å². The summed E-state index contributed by atoms with van der Waals surface area (Å²) in [4.78, 5) is 21.3. The van der Waals surface area contributed by atoms with Crippen LogP contribution in [0.1, 0.15) is 28.8 Å². The van der Waals surface area contributed by atoms with E-state index in [1.807, 2.05) is 13.0 Å². The second-order valence-corrected chi connectivity index (χ2v) is 8.61. The molecule has 8 nitrogen and oxygen atoms in total. The largest absolute Gasteiger partial charge is 0.494 e. The number of imidazole rings is 1. The molecule has 0 radical (unpaired) electrons. The van der Waals surface area contributed by atoms with E-state index < -0.39 is 11.6 Å². The molecule has 5 rings (SSSR count). The van der Waals surface area contributed by atoms with Crippen molar-refractivity contribution in [2.45, 2.75) is 31.8 Å². The first kappa shape index (κ1) is 22.7. The van der Waals surface area contributed by atoms with Crippen molar-refractivity contribution in [3.63, 3.8) is 0 Å². The Bertz CT molecular complexity index is 1430. The van der Waals surface area contributed by atoms with Crippen LogP contribution in [0, 0.1) is 18.6 Å². The van der Waals surface area contributed by atoms with Gasteiger partial charge in [-0.1, -0.05) is 0 Å². The average Bonchev–Trinajstić information content (AvgIpc) is 3.25. The summed E-state index contributed by atoms with van der Waals surface area (Å²) in [6, 6.07) is 8.46. The normalized spacial score (nSPS) is 17.2. The summed E-state index contributed by atoms with van der Waals surface area (Å²) < 4.78 is 35.4. The first-order valence-corrected chi connectivity index (χ1v) is 11.1. The van der Waals surface area contributed by atoms with Crippen LogP contribution in [0.4, 0.5) is 20.3 Å². The number of ether oxygens (including phenoxy) is 1. The minimum absolute atomic E-state index is 0.0478. The highest BCUT2D eigenvalue weighted by atomic mass is 19.2. The molecule has 35 heavy (non-hydrogen) atoms. The predicted molar refractivity (Wildman–Crippen MR) is 128 cm³/mol. The number of benzene rings is 2. The lowest BCUT2D eigenvalue weighted by molar-refractivity contribution is 0.0909. The third kappa shape index (κ3) is 4.17. The number of fused-ring (bicyclic) bond motifs is 1. The van der Waals surface area contributed by atoms with Gasteiger partial charge in [0.1, 0.15) is 0 Å². The molecule has 0 bridgehead atoms. The number of carbonyl (C=O) groups is 1. The van der Waals surface area contributed by atoms with Crippen molar-refractivity contribution >= 4 is 23.1 Å². The van der Waals surface area contributed by atoms with Crippen molar-refractivity contribution < 1.29 is 18.3 Å². The molecule has 1 fully saturated rings. The molecule has 0 unspecified atom stereocenters. The molecule has 0 atom stereocenters. The lowest BCUT2D eigenvalue weighted by Gasteiger charge is -2.33. The maximum absolute atomic E-state index is 14.7. The molecule has 2 aromatic heterocycles. The quantitative estimate of drug-likeness (QED) is 0.387. The van der Waals surface area contributed by atoms with Crippen molar-refractivity contribution in [2.75, 3.05) is 12.4 Å². The zero-order chi connectivity index (χ0) is 24.7. The SMILES string of the molecule is COc1ccc(-c2cnc3c(Nc4ccc(C(=O)N[C@H]5C[C@@H](N)C5)c(C)c4)nccn23)c(F)c1F. The number of nitrogens with zero attached hydrogens (tertiary/aromatic N) is 3. The van der Waals surface area contributed by atoms with E-state index in [4.69, 9.17) is 10.5 Å². The average molecular weight is 479 g/mol. The number of nitrogens with one attached hydrogen (secondary N) is 2. The van der Waals surface area contributed by atoms with Crippen molar-refractivity contribution in [1.82, 2.24) is 19.7 Å². The van der Waals surface area contributed by atoms with Gasteiger partial charge < -0.3 is 21.1 Å². The first-order valence-electron chi connectivity index (χ1n) is 11.1. The van der Waals surface area contributed by atoms with Crippen molar-refractivity contribution in [1.29, 1.82) is 0 Å². The van der Waals surface area contributed by atoms with E-state index in [9.17, 15) is 13.6 Å². The number of nitrogens with two attached hydrogens (primary N) is 1. The van der Waals surface area contributed by atoms with Gasteiger partial charge in [-0.05, 0) is 55.7 Å². The Labute approximate surface area is 200 Å². The van der Waals surface area contributed by atoms with E-state index in [2.05, 4.69) is 20.6 Å². The van der Waals surface area contributed by atoms with Gasteiger partial charge in [-0.15, -0.1) is 0 Å². The van der Waals surface area contributed by atoms with Crippen LogP contribution < -0.4 is 21.1 Å². The Balaban J connectivity index is 1.41. The highest BCUT2D eigenvalue weighted by molar-refractivity contribution is 5.96. The summed E-state index contributed by atoms with van der Waals surface area (Å²) >= 11 is 0. The molecule has 2 aromatic carbocycles. The number of anilines is 2. The molecule has 4 N–H and O–H groups in total. The minimum Gasteiger partial charge on any atom is -0.494 e. The number of halogens is 2. The third-order valence-electron chi connectivity index (χ3n) is 6.21. The summed E-state index contributed by atoms with van der Waals surface area (Å²) in [5, 5.41) is 6.20. The number of rotatable bonds is 6. The highest BCUT2D eigenvalue weighted by Gasteiger charge is 2.27. The molecule has 1 aliphatic carbocycles. The molecule has 1 saturated carbocycles. The molecular formula is C25H24F2N6O2. The van der Waals surface area contributed by atoms with Crippen LogP contribution in [-0.4, -0.2) is 39.5 Å². The lowest BCUT2D eigenvalue weighted by atomic mass is 9.87. The molecule has 1 aliphatic rings. The summed E-state index contributed by atoms with van der Waals surface area (Å²) in [6.45, 7) is 1.86. The summed E-state index contributed by atoms with van der Waals surface area (Å²) in [6.07, 6.45) is 6.20. The molecule has 1 amide bonds. The molecule has 0 spiro atoms. The van der Waals surface area contributed by atoms with Crippen molar-refractivity contribution in [2.24, 2.45) is 5.73 Å². The van der Waals surface area contributed by atoms with Crippen LogP contribution in [0.15, 0.2) is 48.9 Å². The fraction of sp³-hybridized carbons (Fsp3) is 0.240. The van der Waals surface area contributed by atoms with Crippen LogP contribution in [0.25, 0.3) is 16.9 Å². The molecule has 4 aromatic rings. The highest BCUT2D eigenvalue weighted by Crippen LogP contribution is 2.31. The van der Waals surface area contributed by atoms with E-state index in [0.29, 0.717) is 28.4 Å². The van der Waals surface area contributed by atoms with Gasteiger partial charge >= 0.3 is 0 Å². The number of aromatic nitrogens is 3. The second-order valence-electron chi connectivity index (χ2n) is 8.61. The lowest BCUT2D eigenvalue weighted by Crippen LogP contribution is -2.50. The van der Waals surface area contributed by atoms with Gasteiger partial charge in [0.05, 0.1) is 19.0 Å². The van der Waals surface area contributed by atoms with E-state index in [-0.39, 0.29) is 29.3 Å². The number of amides is 1. The van der Waals surface area contributed by atoms with Gasteiger partial charge in [-0.3, -0.25) is 9.20 Å². The van der Waals surface area contributed by atoms with Crippen LogP contribution in [-0.2, 0) is 0 Å². The maximum Gasteiger partial charge on any atom is 0.251 e. The predicted octanol–water partition coefficient (Wildman–Crippen LogP) is 3.95. The number of hydrogen-bond donors (Lipinski definition) is 3. The zero-order valence-electron chi connectivity index (χ0n) is 19.2. The van der Waals surface area contributed by atoms with Crippen LogP contribution in [0.5, 0.6) is 5.75 Å². The van der Waals surface area contributed by atoms with Gasteiger partial charge in [0, 0.05) is 41.3 Å². The fourth-order valence-electron chi connectivity index (χ4n) is 4.27. The second kappa shape index (κ2) is 8.95. The molecule has 0 saturated heterocycles. The summed E-state index contributed by atoms with van der Waals surface area (Å²) in [7, 11) is 1.28. The van der Waals surface area contributed by atoms with Gasteiger partial charge in [-0.2, -0.15) is 4.39 Å². The van der Waals surface area contributed by atoms with Crippen molar-refractivity contribution in [3.05, 3.63) is 71.7 Å². The molecule has 0 aliphatic heterocycles. The Hall–Kier alpha value is -4.05. The topological polar surface area (TPSA) is 107 Å². The number of carbonyl (C=O) groups excluding carboxylic acids is 1. The molecule has 2 heterocycles. The van der Waals surface area contributed by atoms with E-state index in [0.717, 1.165) is 18.4 Å². The Morgan fingerprint density at radius 2 is 1.97 bits per heavy atom. The molecule has 180 valence electrons. The molecule has 10 heteroatoms. The first-order chi connectivity index (χ1) is 16.9. The number of aryl methyl sites for hydroxylation is 1. The van der Waals surface area contributed by atoms with Crippen LogP contribution >= 0.6 is 0 Å². The van der Waals surface area contributed by atoms with E-state index in [1.165, 1.54) is 31.6 Å². The van der Waals surface area contributed by atoms with Gasteiger partial charge in [0.25, 0.3) is 5.91 Å². The smallest absolute Gasteiger partial charge is 0.251 e. The van der Waals surface area contributed by atoms with Crippen LogP contribution in [0.2, 0.25) is 0 Å². The summed E-state index contributed by atoms with van der Waals surface area (Å²) in [5.41, 5.74) is 8.72. The number of hydrogen-bond acceptors (Lipinski definition) is 6. The van der Waals surface area contributed by atoms with Crippen LogP contribution in [0.3, 0.4) is 0 Å². The van der Waals surface area contributed by atoms with Crippen molar-refractivity contribution in [3.8, 4) is 17.0 Å². The monoisotopic (exact) mass is 478 g/mol. The van der Waals surface area contributed by atoms with Gasteiger partial charge in [-0.25, -0.2) is 14.4 Å². The Morgan fingerprint density at radius 3 is 2.69 bits per heavy atom. The zero-order valence-corrected chi connectivity index (χ0v) is 19.2.